The van der Waals surface area contributed by atoms with Crippen LogP contribution in [0.4, 0.5) is 4.79 Å². The number of benzene rings is 1. The molecule has 1 fully saturated rings. The van der Waals surface area contributed by atoms with Gasteiger partial charge in [0.2, 0.25) is 0 Å². The van der Waals surface area contributed by atoms with Crippen molar-refractivity contribution >= 4 is 6.09 Å². The maximum Gasteiger partial charge on any atom is 0.410 e. The average Bonchev–Trinajstić information content (AvgIpc) is 2.70. The van der Waals surface area contributed by atoms with E-state index in [0.29, 0.717) is 13.2 Å². The molecule has 0 aromatic heterocycles. The summed E-state index contributed by atoms with van der Waals surface area (Å²) < 4.78 is 10.8. The molecule has 1 aliphatic rings. The first kappa shape index (κ1) is 11.8. The Balaban J connectivity index is 1.80. The summed E-state index contributed by atoms with van der Waals surface area (Å²) in [6, 6.07) is 9.55. The Bertz CT molecular complexity index is 366. The highest BCUT2D eigenvalue weighted by molar-refractivity contribution is 5.69. The molecule has 0 bridgehead atoms. The molecule has 0 saturated carbocycles. The smallest absolute Gasteiger partial charge is 0.410 e. The molecule has 1 aromatic rings. The highest BCUT2D eigenvalue weighted by atomic mass is 16.6. The fourth-order valence-electron chi connectivity index (χ4n) is 1.82. The van der Waals surface area contributed by atoms with Gasteiger partial charge < -0.3 is 14.4 Å². The van der Waals surface area contributed by atoms with Crippen molar-refractivity contribution in [3.8, 4) is 5.75 Å². The van der Waals surface area contributed by atoms with E-state index < -0.39 is 0 Å². The van der Waals surface area contributed by atoms with Gasteiger partial charge in [0.05, 0.1) is 6.54 Å². The van der Waals surface area contributed by atoms with Gasteiger partial charge in [-0.1, -0.05) is 25.1 Å². The van der Waals surface area contributed by atoms with Crippen LogP contribution in [0.15, 0.2) is 30.3 Å². The lowest BCUT2D eigenvalue weighted by atomic mass is 10.3. The van der Waals surface area contributed by atoms with Gasteiger partial charge in [-0.25, -0.2) is 4.79 Å². The van der Waals surface area contributed by atoms with Crippen LogP contribution in [0.2, 0.25) is 0 Å². The van der Waals surface area contributed by atoms with Crippen LogP contribution in [0.5, 0.6) is 5.75 Å². The van der Waals surface area contributed by atoms with Crippen molar-refractivity contribution in [3.63, 3.8) is 0 Å². The number of cyclic esters (lactones) is 1. The molecule has 2 rings (SSSR count). The van der Waals surface area contributed by atoms with Gasteiger partial charge in [0, 0.05) is 6.54 Å². The Morgan fingerprint density at radius 1 is 1.41 bits per heavy atom. The van der Waals surface area contributed by atoms with E-state index in [4.69, 9.17) is 9.47 Å². The molecule has 1 atom stereocenters. The molecule has 1 saturated heterocycles. The number of nitrogens with zero attached hydrogens (tertiary/aromatic N) is 1. The molecule has 0 spiro atoms. The molecular weight excluding hydrogens is 218 g/mol. The number of ether oxygens (including phenoxy) is 2. The number of carbonyl (C=O) groups excluding carboxylic acids is 1. The van der Waals surface area contributed by atoms with Crippen LogP contribution in [-0.2, 0) is 4.74 Å². The van der Waals surface area contributed by atoms with Crippen molar-refractivity contribution in [3.05, 3.63) is 30.3 Å². The molecule has 0 radical (unpaired) electrons. The van der Waals surface area contributed by atoms with Crippen molar-refractivity contribution in [2.75, 3.05) is 19.7 Å². The summed E-state index contributed by atoms with van der Waals surface area (Å²) in [5.41, 5.74) is 0. The van der Waals surface area contributed by atoms with Crippen molar-refractivity contribution in [2.45, 2.75) is 19.4 Å². The largest absolute Gasteiger partial charge is 0.490 e. The first-order valence-corrected chi connectivity index (χ1v) is 5.93. The first-order valence-electron chi connectivity index (χ1n) is 5.93. The van der Waals surface area contributed by atoms with Gasteiger partial charge >= 0.3 is 6.09 Å². The van der Waals surface area contributed by atoms with Crippen molar-refractivity contribution in [1.82, 2.24) is 4.90 Å². The van der Waals surface area contributed by atoms with E-state index >= 15 is 0 Å². The molecular formula is C13H17NO3. The van der Waals surface area contributed by atoms with Crippen LogP contribution in [-0.4, -0.2) is 36.8 Å². The van der Waals surface area contributed by atoms with Crippen molar-refractivity contribution in [2.24, 2.45) is 0 Å². The summed E-state index contributed by atoms with van der Waals surface area (Å²) in [5.74, 6) is 0.803. The Morgan fingerprint density at radius 3 is 2.88 bits per heavy atom. The highest BCUT2D eigenvalue weighted by Crippen LogP contribution is 2.14. The van der Waals surface area contributed by atoms with Crippen LogP contribution in [0, 0.1) is 0 Å². The normalized spacial score (nSPS) is 19.2. The molecule has 92 valence electrons. The van der Waals surface area contributed by atoms with E-state index in [1.54, 1.807) is 4.90 Å². The zero-order valence-corrected chi connectivity index (χ0v) is 9.96. The van der Waals surface area contributed by atoms with Crippen LogP contribution in [0.25, 0.3) is 0 Å². The minimum atomic E-state index is -0.228. The second kappa shape index (κ2) is 5.57. The third-order valence-electron chi connectivity index (χ3n) is 2.62. The summed E-state index contributed by atoms with van der Waals surface area (Å²) in [5, 5.41) is 0. The van der Waals surface area contributed by atoms with Gasteiger partial charge in [0.15, 0.2) is 6.10 Å². The maximum atomic E-state index is 11.4. The van der Waals surface area contributed by atoms with Crippen LogP contribution in [0.1, 0.15) is 13.3 Å². The molecule has 1 aliphatic heterocycles. The van der Waals surface area contributed by atoms with Crippen LogP contribution >= 0.6 is 0 Å². The number of hydrogen-bond donors (Lipinski definition) is 0. The summed E-state index contributed by atoms with van der Waals surface area (Å²) in [6.45, 7) is 3.83. The first-order chi connectivity index (χ1) is 8.29. The van der Waals surface area contributed by atoms with Gasteiger partial charge in [-0.2, -0.15) is 0 Å². The van der Waals surface area contributed by atoms with Crippen molar-refractivity contribution < 1.29 is 14.3 Å². The summed E-state index contributed by atoms with van der Waals surface area (Å²) in [6.07, 6.45) is 0.559. The Labute approximate surface area is 101 Å². The van der Waals surface area contributed by atoms with E-state index in [-0.39, 0.29) is 12.2 Å². The minimum absolute atomic E-state index is 0.158. The topological polar surface area (TPSA) is 38.8 Å². The standard InChI is InChI=1S/C13H17NO3/c1-2-8-14-9-12(17-13(14)15)10-16-11-6-4-3-5-7-11/h3-7,12H,2,8-10H2,1H3. The lowest BCUT2D eigenvalue weighted by Crippen LogP contribution is -2.27. The zero-order chi connectivity index (χ0) is 12.1. The summed E-state index contributed by atoms with van der Waals surface area (Å²) in [4.78, 5) is 13.2. The average molecular weight is 235 g/mol. The Morgan fingerprint density at radius 2 is 2.18 bits per heavy atom. The number of hydrogen-bond acceptors (Lipinski definition) is 3. The third kappa shape index (κ3) is 3.12. The SMILES string of the molecule is CCCN1CC(COc2ccccc2)OC1=O. The van der Waals surface area contributed by atoms with Gasteiger partial charge in [0.1, 0.15) is 12.4 Å². The molecule has 1 heterocycles. The number of para-hydroxylation sites is 1. The molecule has 17 heavy (non-hydrogen) atoms. The van der Waals surface area contributed by atoms with E-state index in [1.165, 1.54) is 0 Å². The van der Waals surface area contributed by atoms with Gasteiger partial charge in [-0.15, -0.1) is 0 Å². The predicted octanol–water partition coefficient (Wildman–Crippen LogP) is 2.30. The zero-order valence-electron chi connectivity index (χ0n) is 9.96. The molecule has 4 heteroatoms. The number of amides is 1. The van der Waals surface area contributed by atoms with Gasteiger partial charge in [-0.05, 0) is 18.6 Å². The lowest BCUT2D eigenvalue weighted by molar-refractivity contribution is 0.103. The van der Waals surface area contributed by atoms with Crippen LogP contribution < -0.4 is 4.74 Å². The number of carbonyl (C=O) groups is 1. The minimum Gasteiger partial charge on any atom is -0.490 e. The molecule has 0 aliphatic carbocycles. The molecule has 4 nitrogen and oxygen atoms in total. The molecule has 1 unspecified atom stereocenters. The van der Waals surface area contributed by atoms with Gasteiger partial charge in [0.25, 0.3) is 0 Å². The van der Waals surface area contributed by atoms with Crippen LogP contribution in [0.3, 0.4) is 0 Å². The predicted molar refractivity (Wildman–Crippen MR) is 64.1 cm³/mol. The second-order valence-corrected chi connectivity index (χ2v) is 4.08. The van der Waals surface area contributed by atoms with Crippen molar-refractivity contribution in [1.29, 1.82) is 0 Å². The third-order valence-corrected chi connectivity index (χ3v) is 2.62. The molecule has 1 amide bonds. The fourth-order valence-corrected chi connectivity index (χ4v) is 1.82. The second-order valence-electron chi connectivity index (χ2n) is 4.08. The number of rotatable bonds is 5. The fraction of sp³-hybridized carbons (Fsp3) is 0.462. The summed E-state index contributed by atoms with van der Waals surface area (Å²) in [7, 11) is 0. The Hall–Kier alpha value is -1.71. The maximum absolute atomic E-state index is 11.4. The molecule has 0 N–H and O–H groups in total. The monoisotopic (exact) mass is 235 g/mol. The quantitative estimate of drug-likeness (QED) is 0.786. The lowest BCUT2D eigenvalue weighted by Gasteiger charge is -2.11. The van der Waals surface area contributed by atoms with E-state index in [1.807, 2.05) is 37.3 Å². The van der Waals surface area contributed by atoms with E-state index in [0.717, 1.165) is 18.7 Å². The Kier molecular flexibility index (Phi) is 3.85. The van der Waals surface area contributed by atoms with Gasteiger partial charge in [-0.3, -0.25) is 0 Å². The molecule has 1 aromatic carbocycles. The van der Waals surface area contributed by atoms with E-state index in [2.05, 4.69) is 0 Å². The highest BCUT2D eigenvalue weighted by Gasteiger charge is 2.30. The van der Waals surface area contributed by atoms with E-state index in [9.17, 15) is 4.79 Å². The summed E-state index contributed by atoms with van der Waals surface area (Å²) >= 11 is 0.